The molecule has 0 bridgehead atoms. The fourth-order valence-electron chi connectivity index (χ4n) is 2.07. The third kappa shape index (κ3) is 4.70. The van der Waals surface area contributed by atoms with Crippen molar-refractivity contribution < 1.29 is 14.3 Å². The van der Waals surface area contributed by atoms with Crippen LogP contribution in [0.3, 0.4) is 0 Å². The largest absolute Gasteiger partial charge is 0.490 e. The fourth-order valence-corrected chi connectivity index (χ4v) is 2.07. The van der Waals surface area contributed by atoms with Crippen LogP contribution in [0.15, 0.2) is 48.0 Å². The molecule has 124 valence electrons. The first-order valence-electron chi connectivity index (χ1n) is 7.65. The maximum absolute atomic E-state index is 12.3. The summed E-state index contributed by atoms with van der Waals surface area (Å²) in [6.45, 7) is 4.13. The molecular weight excluding hydrogens is 316 g/mol. The highest BCUT2D eigenvalue weighted by molar-refractivity contribution is 5.91. The Hall–Kier alpha value is -3.57. The fraction of sp³-hybridized carbons (Fsp3) is 0.150. The summed E-state index contributed by atoms with van der Waals surface area (Å²) < 4.78 is 10.9. The number of carbonyl (C=O) groups excluding carboxylic acids is 1. The van der Waals surface area contributed by atoms with Gasteiger partial charge in [0.25, 0.3) is 0 Å². The van der Waals surface area contributed by atoms with E-state index in [4.69, 9.17) is 20.0 Å². The van der Waals surface area contributed by atoms with Gasteiger partial charge in [0.2, 0.25) is 0 Å². The standard InChI is InChI=1S/C20H16N2O3/c1-3-24-19-11-15(10-16(12-21)13-22)6-9-18(19)25-20(23)17-7-4-14(2)5-8-17/h4-11H,3H2,1-2H3. The van der Waals surface area contributed by atoms with Crippen LogP contribution in [-0.2, 0) is 0 Å². The second kappa shape index (κ2) is 8.33. The molecule has 25 heavy (non-hydrogen) atoms. The van der Waals surface area contributed by atoms with Crippen molar-refractivity contribution in [2.24, 2.45) is 0 Å². The number of nitrogens with zero attached hydrogens (tertiary/aromatic N) is 2. The first kappa shape index (κ1) is 17.8. The van der Waals surface area contributed by atoms with Gasteiger partial charge in [-0.3, -0.25) is 0 Å². The molecule has 0 aliphatic heterocycles. The predicted molar refractivity (Wildman–Crippen MR) is 93.0 cm³/mol. The number of esters is 1. The number of aryl methyl sites for hydroxylation is 1. The Labute approximate surface area is 146 Å². The average molecular weight is 332 g/mol. The lowest BCUT2D eigenvalue weighted by atomic mass is 10.1. The molecule has 5 nitrogen and oxygen atoms in total. The summed E-state index contributed by atoms with van der Waals surface area (Å²) in [6, 6.07) is 15.5. The molecule has 0 aromatic heterocycles. The lowest BCUT2D eigenvalue weighted by Gasteiger charge is -2.11. The molecule has 0 N–H and O–H groups in total. The molecule has 5 heteroatoms. The minimum Gasteiger partial charge on any atom is -0.490 e. The molecule has 0 saturated heterocycles. The molecule has 0 aliphatic rings. The zero-order chi connectivity index (χ0) is 18.2. The highest BCUT2D eigenvalue weighted by Crippen LogP contribution is 2.30. The Morgan fingerprint density at radius 1 is 1.08 bits per heavy atom. The quantitative estimate of drug-likeness (QED) is 0.469. The van der Waals surface area contributed by atoms with Crippen molar-refractivity contribution in [1.82, 2.24) is 0 Å². The molecule has 2 rings (SSSR count). The van der Waals surface area contributed by atoms with Gasteiger partial charge in [0.15, 0.2) is 11.5 Å². The zero-order valence-corrected chi connectivity index (χ0v) is 13.9. The van der Waals surface area contributed by atoms with Crippen LogP contribution in [0.5, 0.6) is 11.5 Å². The van der Waals surface area contributed by atoms with Crippen LogP contribution in [0.1, 0.15) is 28.4 Å². The van der Waals surface area contributed by atoms with Crippen LogP contribution in [0.4, 0.5) is 0 Å². The average Bonchev–Trinajstić information content (AvgIpc) is 2.62. The third-order valence-corrected chi connectivity index (χ3v) is 3.31. The van der Waals surface area contributed by atoms with Crippen LogP contribution in [0.2, 0.25) is 0 Å². The van der Waals surface area contributed by atoms with Crippen LogP contribution in [-0.4, -0.2) is 12.6 Å². The van der Waals surface area contributed by atoms with Crippen molar-refractivity contribution in [2.45, 2.75) is 13.8 Å². The molecule has 2 aromatic carbocycles. The molecule has 0 fully saturated rings. The number of nitriles is 2. The van der Waals surface area contributed by atoms with Crippen molar-refractivity contribution in [1.29, 1.82) is 10.5 Å². The van der Waals surface area contributed by atoms with Crippen molar-refractivity contribution in [3.63, 3.8) is 0 Å². The van der Waals surface area contributed by atoms with E-state index in [9.17, 15) is 4.79 Å². The Bertz CT molecular complexity index is 869. The van der Waals surface area contributed by atoms with Crippen LogP contribution >= 0.6 is 0 Å². The Morgan fingerprint density at radius 3 is 2.36 bits per heavy atom. The van der Waals surface area contributed by atoms with Gasteiger partial charge in [0.05, 0.1) is 12.2 Å². The lowest BCUT2D eigenvalue weighted by Crippen LogP contribution is -2.09. The minimum atomic E-state index is -0.487. The minimum absolute atomic E-state index is 0.0214. The van der Waals surface area contributed by atoms with Crippen LogP contribution in [0, 0.1) is 29.6 Å². The van der Waals surface area contributed by atoms with Gasteiger partial charge in [-0.2, -0.15) is 10.5 Å². The number of hydrogen-bond donors (Lipinski definition) is 0. The maximum atomic E-state index is 12.3. The van der Waals surface area contributed by atoms with Crippen molar-refractivity contribution in [2.75, 3.05) is 6.61 Å². The molecule has 0 amide bonds. The number of hydrogen-bond acceptors (Lipinski definition) is 5. The summed E-state index contributed by atoms with van der Waals surface area (Å²) in [5, 5.41) is 17.7. The summed E-state index contributed by atoms with van der Waals surface area (Å²) in [6.07, 6.45) is 1.44. The second-order valence-electron chi connectivity index (χ2n) is 5.18. The molecule has 0 heterocycles. The van der Waals surface area contributed by atoms with E-state index < -0.39 is 5.97 Å². The Kier molecular flexibility index (Phi) is 5.92. The van der Waals surface area contributed by atoms with Crippen molar-refractivity contribution in [3.8, 4) is 23.6 Å². The molecule has 2 aromatic rings. The molecule has 0 atom stereocenters. The summed E-state index contributed by atoms with van der Waals surface area (Å²) in [4.78, 5) is 12.3. The highest BCUT2D eigenvalue weighted by atomic mass is 16.6. The van der Waals surface area contributed by atoms with Crippen molar-refractivity contribution in [3.05, 3.63) is 64.7 Å². The summed E-state index contributed by atoms with van der Waals surface area (Å²) in [5.74, 6) is 0.158. The van der Waals surface area contributed by atoms with Gasteiger partial charge in [-0.05, 0) is 49.8 Å². The number of carbonyl (C=O) groups is 1. The molecular formula is C20H16N2O3. The van der Waals surface area contributed by atoms with E-state index in [-0.39, 0.29) is 11.3 Å². The maximum Gasteiger partial charge on any atom is 0.343 e. The Morgan fingerprint density at radius 2 is 1.76 bits per heavy atom. The van der Waals surface area contributed by atoms with Gasteiger partial charge < -0.3 is 9.47 Å². The van der Waals surface area contributed by atoms with Gasteiger partial charge in [0.1, 0.15) is 17.7 Å². The Balaban J connectivity index is 2.30. The van der Waals surface area contributed by atoms with Crippen molar-refractivity contribution >= 4 is 12.0 Å². The third-order valence-electron chi connectivity index (χ3n) is 3.31. The smallest absolute Gasteiger partial charge is 0.343 e. The normalized spacial score (nSPS) is 9.44. The number of ether oxygens (including phenoxy) is 2. The lowest BCUT2D eigenvalue weighted by molar-refractivity contribution is 0.0728. The van der Waals surface area contributed by atoms with Gasteiger partial charge >= 0.3 is 5.97 Å². The predicted octanol–water partition coefficient (Wildman–Crippen LogP) is 4.04. The molecule has 0 saturated carbocycles. The van der Waals surface area contributed by atoms with E-state index in [1.165, 1.54) is 6.08 Å². The van der Waals surface area contributed by atoms with E-state index in [1.54, 1.807) is 42.5 Å². The monoisotopic (exact) mass is 332 g/mol. The van der Waals surface area contributed by atoms with E-state index in [1.807, 2.05) is 26.0 Å². The van der Waals surface area contributed by atoms with E-state index >= 15 is 0 Å². The number of benzene rings is 2. The zero-order valence-electron chi connectivity index (χ0n) is 13.9. The van der Waals surface area contributed by atoms with Gasteiger partial charge in [-0.1, -0.05) is 23.8 Å². The summed E-state index contributed by atoms with van der Waals surface area (Å²) in [5.41, 5.74) is 2.07. The number of rotatable bonds is 5. The second-order valence-corrected chi connectivity index (χ2v) is 5.18. The van der Waals surface area contributed by atoms with Crippen LogP contribution in [0.25, 0.3) is 6.08 Å². The first-order chi connectivity index (χ1) is 12.1. The van der Waals surface area contributed by atoms with E-state index in [0.717, 1.165) is 5.56 Å². The van der Waals surface area contributed by atoms with Gasteiger partial charge in [-0.15, -0.1) is 0 Å². The SMILES string of the molecule is CCOc1cc(C=C(C#N)C#N)ccc1OC(=O)c1ccc(C)cc1. The topological polar surface area (TPSA) is 83.1 Å². The molecule has 0 unspecified atom stereocenters. The number of allylic oxidation sites excluding steroid dienone is 1. The van der Waals surface area contributed by atoms with Gasteiger partial charge in [-0.25, -0.2) is 4.79 Å². The summed E-state index contributed by atoms with van der Waals surface area (Å²) in [7, 11) is 0. The van der Waals surface area contributed by atoms with Gasteiger partial charge in [0, 0.05) is 0 Å². The molecule has 0 radical (unpaired) electrons. The summed E-state index contributed by atoms with van der Waals surface area (Å²) >= 11 is 0. The highest BCUT2D eigenvalue weighted by Gasteiger charge is 2.13. The molecule has 0 aliphatic carbocycles. The van der Waals surface area contributed by atoms with E-state index in [2.05, 4.69) is 0 Å². The van der Waals surface area contributed by atoms with E-state index in [0.29, 0.717) is 23.5 Å². The van der Waals surface area contributed by atoms with Crippen LogP contribution < -0.4 is 9.47 Å². The molecule has 0 spiro atoms. The first-order valence-corrected chi connectivity index (χ1v) is 7.65.